The van der Waals surface area contributed by atoms with Crippen LogP contribution in [-0.2, 0) is 14.6 Å². The first-order valence-corrected chi connectivity index (χ1v) is 6.44. The number of carbonyl (C=O) groups is 1. The molecule has 0 bridgehead atoms. The lowest BCUT2D eigenvalue weighted by molar-refractivity contribution is -0.368. The average Bonchev–Trinajstić information content (AvgIpc) is 2.20. The van der Waals surface area contributed by atoms with Crippen LogP contribution in [0.15, 0.2) is 0 Å². The molecule has 102 valence electrons. The molecule has 4 heteroatoms. The molecular weight excluding hydrogens is 220 g/mol. The van der Waals surface area contributed by atoms with Crippen molar-refractivity contribution in [3.63, 3.8) is 0 Å². The van der Waals surface area contributed by atoms with E-state index in [2.05, 4.69) is 6.92 Å². The highest BCUT2D eigenvalue weighted by molar-refractivity contribution is 5.72. The molecule has 0 rings (SSSR count). The lowest BCUT2D eigenvalue weighted by Gasteiger charge is -2.21. The van der Waals surface area contributed by atoms with Gasteiger partial charge in [0.25, 0.3) is 0 Å². The van der Waals surface area contributed by atoms with Crippen LogP contribution in [0.4, 0.5) is 0 Å². The maximum atomic E-state index is 10.9. The Balaban J connectivity index is 3.80. The maximum absolute atomic E-state index is 10.9. The zero-order valence-corrected chi connectivity index (χ0v) is 11.5. The lowest BCUT2D eigenvalue weighted by Crippen LogP contribution is -2.29. The highest BCUT2D eigenvalue weighted by Crippen LogP contribution is 2.14. The van der Waals surface area contributed by atoms with Crippen LogP contribution >= 0.6 is 0 Å². The second-order valence-electron chi connectivity index (χ2n) is 5.32. The van der Waals surface area contributed by atoms with Crippen molar-refractivity contribution in [3.8, 4) is 0 Å². The first kappa shape index (κ1) is 16.4. The fourth-order valence-electron chi connectivity index (χ4n) is 1.35. The number of unbranched alkanes of at least 4 members (excludes halogenated alkanes) is 4. The number of carboxylic acid groups (broad SMARTS) is 1. The number of carboxylic acids is 1. The minimum Gasteiger partial charge on any atom is -0.479 e. The van der Waals surface area contributed by atoms with Crippen LogP contribution in [0.1, 0.15) is 66.2 Å². The summed E-state index contributed by atoms with van der Waals surface area (Å²) in [6.07, 6.45) is 5.12. The lowest BCUT2D eigenvalue weighted by atomic mass is 10.1. The summed E-state index contributed by atoms with van der Waals surface area (Å²) in [5.41, 5.74) is -0.476. The van der Waals surface area contributed by atoms with Crippen LogP contribution in [0.25, 0.3) is 0 Å². The summed E-state index contributed by atoms with van der Waals surface area (Å²) in [6, 6.07) is 0. The first-order chi connectivity index (χ1) is 7.87. The van der Waals surface area contributed by atoms with Gasteiger partial charge in [0.2, 0.25) is 0 Å². The van der Waals surface area contributed by atoms with E-state index in [-0.39, 0.29) is 0 Å². The number of hydrogen-bond donors (Lipinski definition) is 1. The molecule has 0 fully saturated rings. The van der Waals surface area contributed by atoms with E-state index in [1.807, 2.05) is 20.8 Å². The Morgan fingerprint density at radius 2 is 1.76 bits per heavy atom. The molecule has 1 atom stereocenters. The zero-order valence-electron chi connectivity index (χ0n) is 11.5. The van der Waals surface area contributed by atoms with Crippen LogP contribution in [0.2, 0.25) is 0 Å². The fourth-order valence-corrected chi connectivity index (χ4v) is 1.35. The third kappa shape index (κ3) is 10.3. The topological polar surface area (TPSA) is 55.8 Å². The normalized spacial score (nSPS) is 13.6. The van der Waals surface area contributed by atoms with Gasteiger partial charge in [-0.2, -0.15) is 0 Å². The Morgan fingerprint density at radius 1 is 1.18 bits per heavy atom. The third-order valence-electron chi connectivity index (χ3n) is 2.26. The van der Waals surface area contributed by atoms with E-state index in [0.717, 1.165) is 19.3 Å². The summed E-state index contributed by atoms with van der Waals surface area (Å²) in [7, 11) is 0. The van der Waals surface area contributed by atoms with Crippen molar-refractivity contribution in [2.75, 3.05) is 0 Å². The molecular formula is C13H26O4. The van der Waals surface area contributed by atoms with Crippen LogP contribution in [0.5, 0.6) is 0 Å². The quantitative estimate of drug-likeness (QED) is 0.384. The Morgan fingerprint density at radius 3 is 2.24 bits per heavy atom. The summed E-state index contributed by atoms with van der Waals surface area (Å²) in [5, 5.41) is 8.97. The minimum absolute atomic E-state index is 0.476. The van der Waals surface area contributed by atoms with Gasteiger partial charge in [0.1, 0.15) is 0 Å². The van der Waals surface area contributed by atoms with Gasteiger partial charge in [0.15, 0.2) is 6.10 Å². The van der Waals surface area contributed by atoms with Gasteiger partial charge in [0.05, 0.1) is 5.60 Å². The standard InChI is InChI=1S/C13H26O4/c1-5-6-7-8-9-10-11(12(14)15)16-17-13(2,3)4/h11H,5-10H2,1-4H3,(H,14,15). The van der Waals surface area contributed by atoms with Crippen molar-refractivity contribution in [2.45, 2.75) is 77.9 Å². The van der Waals surface area contributed by atoms with Gasteiger partial charge in [-0.1, -0.05) is 39.0 Å². The molecule has 0 spiro atoms. The zero-order chi connectivity index (χ0) is 13.3. The molecule has 0 aromatic heterocycles. The van der Waals surface area contributed by atoms with Gasteiger partial charge in [0, 0.05) is 0 Å². The number of aliphatic carboxylic acids is 1. The summed E-state index contributed by atoms with van der Waals surface area (Å²) in [5.74, 6) is -0.954. The van der Waals surface area contributed by atoms with Crippen molar-refractivity contribution in [1.82, 2.24) is 0 Å². The van der Waals surface area contributed by atoms with Crippen LogP contribution in [-0.4, -0.2) is 22.8 Å². The summed E-state index contributed by atoms with van der Waals surface area (Å²) in [4.78, 5) is 21.0. The summed E-state index contributed by atoms with van der Waals surface area (Å²) in [6.45, 7) is 7.63. The molecule has 0 heterocycles. The predicted molar refractivity (Wildman–Crippen MR) is 66.7 cm³/mol. The molecule has 0 aliphatic heterocycles. The first-order valence-electron chi connectivity index (χ1n) is 6.44. The highest BCUT2D eigenvalue weighted by Gasteiger charge is 2.22. The van der Waals surface area contributed by atoms with Crippen molar-refractivity contribution in [3.05, 3.63) is 0 Å². The average molecular weight is 246 g/mol. The fraction of sp³-hybridized carbons (Fsp3) is 0.923. The smallest absolute Gasteiger partial charge is 0.336 e. The van der Waals surface area contributed by atoms with E-state index in [9.17, 15) is 4.79 Å². The Bertz CT molecular complexity index is 208. The van der Waals surface area contributed by atoms with Crippen molar-refractivity contribution in [1.29, 1.82) is 0 Å². The van der Waals surface area contributed by atoms with Crippen molar-refractivity contribution in [2.24, 2.45) is 0 Å². The Hall–Kier alpha value is -0.610. The second-order valence-corrected chi connectivity index (χ2v) is 5.32. The van der Waals surface area contributed by atoms with E-state index in [4.69, 9.17) is 14.9 Å². The molecule has 1 N–H and O–H groups in total. The van der Waals surface area contributed by atoms with Crippen LogP contribution in [0, 0.1) is 0 Å². The van der Waals surface area contributed by atoms with Crippen molar-refractivity contribution < 1.29 is 19.7 Å². The van der Waals surface area contributed by atoms with Gasteiger partial charge < -0.3 is 5.11 Å². The van der Waals surface area contributed by atoms with E-state index in [1.165, 1.54) is 12.8 Å². The van der Waals surface area contributed by atoms with Crippen LogP contribution in [0.3, 0.4) is 0 Å². The van der Waals surface area contributed by atoms with Gasteiger partial charge in [-0.15, -0.1) is 0 Å². The van der Waals surface area contributed by atoms with E-state index in [0.29, 0.717) is 6.42 Å². The van der Waals surface area contributed by atoms with E-state index >= 15 is 0 Å². The molecule has 0 saturated heterocycles. The molecule has 1 unspecified atom stereocenters. The number of rotatable bonds is 9. The van der Waals surface area contributed by atoms with Crippen molar-refractivity contribution >= 4 is 5.97 Å². The molecule has 0 amide bonds. The molecule has 17 heavy (non-hydrogen) atoms. The van der Waals surface area contributed by atoms with Gasteiger partial charge >= 0.3 is 5.97 Å². The van der Waals surface area contributed by atoms with Crippen LogP contribution < -0.4 is 0 Å². The van der Waals surface area contributed by atoms with Gasteiger partial charge in [-0.3, -0.25) is 0 Å². The molecule has 0 aromatic carbocycles. The second kappa shape index (κ2) is 8.48. The SMILES string of the molecule is CCCCCCCC(OOC(C)(C)C)C(=O)O. The maximum Gasteiger partial charge on any atom is 0.336 e. The third-order valence-corrected chi connectivity index (χ3v) is 2.26. The minimum atomic E-state index is -0.954. The predicted octanol–water partition coefficient (Wildman–Crippen LogP) is 3.55. The van der Waals surface area contributed by atoms with Gasteiger partial charge in [-0.05, 0) is 27.2 Å². The monoisotopic (exact) mass is 246 g/mol. The Labute approximate surface area is 104 Å². The Kier molecular flexibility index (Phi) is 8.17. The molecule has 0 radical (unpaired) electrons. The van der Waals surface area contributed by atoms with E-state index in [1.54, 1.807) is 0 Å². The molecule has 0 aliphatic carbocycles. The number of hydrogen-bond acceptors (Lipinski definition) is 3. The molecule has 0 aliphatic rings. The van der Waals surface area contributed by atoms with E-state index < -0.39 is 17.7 Å². The molecule has 0 saturated carbocycles. The van der Waals surface area contributed by atoms with Gasteiger partial charge in [-0.25, -0.2) is 14.6 Å². The molecule has 0 aromatic rings. The summed E-state index contributed by atoms with van der Waals surface area (Å²) >= 11 is 0. The summed E-state index contributed by atoms with van der Waals surface area (Å²) < 4.78 is 0. The largest absolute Gasteiger partial charge is 0.479 e. The highest BCUT2D eigenvalue weighted by atomic mass is 17.2. The molecule has 4 nitrogen and oxygen atoms in total.